The van der Waals surface area contributed by atoms with Gasteiger partial charge in [-0.15, -0.1) is 0 Å². The molecule has 0 bridgehead atoms. The lowest BCUT2D eigenvalue weighted by Crippen LogP contribution is -2.14. The number of para-hydroxylation sites is 2. The van der Waals surface area contributed by atoms with Gasteiger partial charge >= 0.3 is 0 Å². The number of amides is 1. The van der Waals surface area contributed by atoms with Crippen molar-refractivity contribution in [3.8, 4) is 5.75 Å². The molecule has 4 rings (SSSR count). The van der Waals surface area contributed by atoms with Gasteiger partial charge in [-0.1, -0.05) is 12.1 Å². The van der Waals surface area contributed by atoms with E-state index in [2.05, 4.69) is 48.5 Å². The maximum atomic E-state index is 12.2. The molecule has 31 heavy (non-hydrogen) atoms. The number of benzene rings is 2. The summed E-state index contributed by atoms with van der Waals surface area (Å²) in [5, 5.41) is 18.3. The molecule has 1 heterocycles. The fourth-order valence-corrected chi connectivity index (χ4v) is 3.25. The third-order valence-corrected chi connectivity index (χ3v) is 5.39. The van der Waals surface area contributed by atoms with Crippen LogP contribution in [0.25, 0.3) is 0 Å². The number of hydrogen-bond donors (Lipinski definition) is 4. The summed E-state index contributed by atoms with van der Waals surface area (Å²) in [5.41, 5.74) is 2.30. The zero-order valence-electron chi connectivity index (χ0n) is 16.6. The van der Waals surface area contributed by atoms with Crippen molar-refractivity contribution in [3.63, 3.8) is 0 Å². The second kappa shape index (κ2) is 9.92. The van der Waals surface area contributed by atoms with Crippen molar-refractivity contribution in [1.29, 1.82) is 0 Å². The van der Waals surface area contributed by atoms with E-state index in [1.165, 1.54) is 0 Å². The van der Waals surface area contributed by atoms with E-state index < -0.39 is 0 Å². The summed E-state index contributed by atoms with van der Waals surface area (Å²) < 4.78 is 6.22. The van der Waals surface area contributed by atoms with Crippen molar-refractivity contribution in [1.82, 2.24) is 9.97 Å². The summed E-state index contributed by atoms with van der Waals surface area (Å²) in [6, 6.07) is 14.9. The van der Waals surface area contributed by atoms with Gasteiger partial charge in [-0.2, -0.15) is 4.98 Å². The fourth-order valence-electron chi connectivity index (χ4n) is 2.85. The highest BCUT2D eigenvalue weighted by Crippen LogP contribution is 2.33. The third-order valence-electron chi connectivity index (χ3n) is 4.60. The first-order chi connectivity index (χ1) is 15.1. The molecule has 8 nitrogen and oxygen atoms in total. The van der Waals surface area contributed by atoms with Crippen LogP contribution in [0, 0.1) is 9.49 Å². The number of aromatic nitrogens is 2. The van der Waals surface area contributed by atoms with E-state index in [-0.39, 0.29) is 25.0 Å². The first kappa shape index (κ1) is 21.3. The summed E-state index contributed by atoms with van der Waals surface area (Å²) in [7, 11) is 0. The number of halogens is 1. The largest absolute Gasteiger partial charge is 0.491 e. The number of anilines is 5. The van der Waals surface area contributed by atoms with Gasteiger partial charge in [0.15, 0.2) is 0 Å². The zero-order valence-corrected chi connectivity index (χ0v) is 18.8. The minimum Gasteiger partial charge on any atom is -0.491 e. The quantitative estimate of drug-likeness (QED) is 0.305. The predicted molar refractivity (Wildman–Crippen MR) is 128 cm³/mol. The Morgan fingerprint density at radius 1 is 1.10 bits per heavy atom. The smallest absolute Gasteiger partial charge is 0.229 e. The highest BCUT2D eigenvalue weighted by molar-refractivity contribution is 14.1. The second-order valence-corrected chi connectivity index (χ2v) is 8.21. The van der Waals surface area contributed by atoms with Crippen LogP contribution in [0.15, 0.2) is 54.7 Å². The van der Waals surface area contributed by atoms with Crippen LogP contribution in [0.2, 0.25) is 0 Å². The Morgan fingerprint density at radius 3 is 2.55 bits per heavy atom. The monoisotopic (exact) mass is 531 g/mol. The van der Waals surface area contributed by atoms with Gasteiger partial charge in [0.05, 0.1) is 21.6 Å². The summed E-state index contributed by atoms with van der Waals surface area (Å²) in [6.45, 7) is 0.226. The molecule has 0 saturated heterocycles. The van der Waals surface area contributed by atoms with Gasteiger partial charge in [0.2, 0.25) is 11.9 Å². The van der Waals surface area contributed by atoms with E-state index >= 15 is 0 Å². The Bertz CT molecular complexity index is 1060. The average Bonchev–Trinajstić information content (AvgIpc) is 3.62. The molecule has 2 aromatic carbocycles. The molecule has 1 saturated carbocycles. The van der Waals surface area contributed by atoms with Gasteiger partial charge in [0.25, 0.3) is 0 Å². The molecule has 1 fully saturated rings. The number of hydrogen-bond acceptors (Lipinski definition) is 7. The Hall–Kier alpha value is -2.92. The van der Waals surface area contributed by atoms with Gasteiger partial charge in [-0.3, -0.25) is 4.79 Å². The molecule has 1 aliphatic carbocycles. The molecule has 0 aliphatic heterocycles. The molecular weight excluding hydrogens is 509 g/mol. The van der Waals surface area contributed by atoms with Crippen LogP contribution >= 0.6 is 22.6 Å². The van der Waals surface area contributed by atoms with Crippen LogP contribution in [-0.2, 0) is 4.79 Å². The van der Waals surface area contributed by atoms with Crippen LogP contribution in [0.5, 0.6) is 5.75 Å². The van der Waals surface area contributed by atoms with Crippen LogP contribution < -0.4 is 20.7 Å². The summed E-state index contributed by atoms with van der Waals surface area (Å²) in [5.74, 6) is 1.93. The maximum absolute atomic E-state index is 12.2. The predicted octanol–water partition coefficient (Wildman–Crippen LogP) is 4.29. The zero-order chi connectivity index (χ0) is 21.6. The van der Waals surface area contributed by atoms with Gasteiger partial charge in [-0.25, -0.2) is 4.98 Å². The number of ether oxygens (including phenoxy) is 1. The van der Waals surface area contributed by atoms with Gasteiger partial charge < -0.3 is 25.8 Å². The Balaban J connectivity index is 1.48. The number of nitrogens with zero attached hydrogens (tertiary/aromatic N) is 2. The lowest BCUT2D eigenvalue weighted by atomic mass is 10.2. The molecule has 9 heteroatoms. The summed E-state index contributed by atoms with van der Waals surface area (Å²) >= 11 is 2.17. The number of rotatable bonds is 9. The summed E-state index contributed by atoms with van der Waals surface area (Å²) in [4.78, 5) is 21.1. The van der Waals surface area contributed by atoms with E-state index in [1.807, 2.05) is 48.5 Å². The molecule has 3 aromatic rings. The number of aliphatic hydroxyl groups is 1. The van der Waals surface area contributed by atoms with E-state index in [0.29, 0.717) is 17.5 Å². The van der Waals surface area contributed by atoms with E-state index in [1.54, 1.807) is 6.20 Å². The molecule has 0 spiro atoms. The molecule has 1 amide bonds. The van der Waals surface area contributed by atoms with Crippen LogP contribution in [0.4, 0.5) is 28.8 Å². The molecule has 4 N–H and O–H groups in total. The Labute approximate surface area is 193 Å². The average molecular weight is 531 g/mol. The van der Waals surface area contributed by atoms with E-state index in [9.17, 15) is 4.79 Å². The second-order valence-electron chi connectivity index (χ2n) is 7.05. The highest BCUT2D eigenvalue weighted by Gasteiger charge is 2.29. The highest BCUT2D eigenvalue weighted by atomic mass is 127. The van der Waals surface area contributed by atoms with Crippen LogP contribution in [0.3, 0.4) is 0 Å². The molecule has 1 aromatic heterocycles. The van der Waals surface area contributed by atoms with Gasteiger partial charge in [0.1, 0.15) is 18.2 Å². The molecule has 0 unspecified atom stereocenters. The number of carbonyl (C=O) groups excluding carboxylic acids is 1. The van der Waals surface area contributed by atoms with Crippen molar-refractivity contribution in [2.45, 2.75) is 12.8 Å². The normalized spacial score (nSPS) is 12.8. The van der Waals surface area contributed by atoms with Crippen LogP contribution in [0.1, 0.15) is 12.8 Å². The van der Waals surface area contributed by atoms with Crippen molar-refractivity contribution in [2.24, 2.45) is 5.92 Å². The number of aliphatic hydroxyl groups excluding tert-OH is 1. The fraction of sp³-hybridized carbons (Fsp3) is 0.227. The first-order valence-corrected chi connectivity index (χ1v) is 11.0. The lowest BCUT2D eigenvalue weighted by Gasteiger charge is -2.14. The number of nitrogens with one attached hydrogen (secondary N) is 3. The molecule has 0 radical (unpaired) electrons. The maximum Gasteiger partial charge on any atom is 0.229 e. The van der Waals surface area contributed by atoms with Gasteiger partial charge in [0, 0.05) is 17.8 Å². The third kappa shape index (κ3) is 5.82. The molecular formula is C22H22IN5O3. The molecule has 0 atom stereocenters. The van der Waals surface area contributed by atoms with Gasteiger partial charge in [-0.05, 0) is 71.8 Å². The first-order valence-electron chi connectivity index (χ1n) is 9.92. The van der Waals surface area contributed by atoms with Crippen molar-refractivity contribution < 1.29 is 14.6 Å². The van der Waals surface area contributed by atoms with Crippen molar-refractivity contribution in [3.05, 3.63) is 58.3 Å². The molecule has 160 valence electrons. The lowest BCUT2D eigenvalue weighted by molar-refractivity contribution is -0.117. The van der Waals surface area contributed by atoms with E-state index in [0.717, 1.165) is 33.5 Å². The number of carbonyl (C=O) groups is 1. The van der Waals surface area contributed by atoms with Crippen LogP contribution in [-0.4, -0.2) is 34.2 Å². The minimum atomic E-state index is -0.0281. The standard InChI is InChI=1S/C22H22IN5O3/c23-17-13-24-22(25-15-7-9-16(10-8-15)31-12-11-29)28-20(17)26-18-3-1-2-4-19(18)27-21(30)14-5-6-14/h1-4,7-10,13-14,29H,5-6,11-12H2,(H,27,30)(H2,24,25,26,28). The summed E-state index contributed by atoms with van der Waals surface area (Å²) in [6.07, 6.45) is 3.63. The Kier molecular flexibility index (Phi) is 6.82. The molecule has 1 aliphatic rings. The van der Waals surface area contributed by atoms with Crippen molar-refractivity contribution >= 4 is 57.3 Å². The topological polar surface area (TPSA) is 108 Å². The SMILES string of the molecule is O=C(Nc1ccccc1Nc1nc(Nc2ccc(OCCO)cc2)ncc1I)C1CC1. The van der Waals surface area contributed by atoms with E-state index in [4.69, 9.17) is 9.84 Å². The van der Waals surface area contributed by atoms with Crippen molar-refractivity contribution in [2.75, 3.05) is 29.2 Å². The minimum absolute atomic E-state index is 0.0281. The Morgan fingerprint density at radius 2 is 1.84 bits per heavy atom.